The first-order valence-corrected chi connectivity index (χ1v) is 5.42. The molecule has 0 saturated heterocycles. The van der Waals surface area contributed by atoms with Gasteiger partial charge in [-0.05, 0) is 20.9 Å². The molecule has 1 N–H and O–H groups in total. The molecular weight excluding hydrogens is 238 g/mol. The third-order valence-corrected chi connectivity index (χ3v) is 3.36. The summed E-state index contributed by atoms with van der Waals surface area (Å²) in [7, 11) is 1.71. The molecule has 0 radical (unpaired) electrons. The Morgan fingerprint density at radius 1 is 1.67 bits per heavy atom. The Labute approximate surface area is 96.8 Å². The zero-order chi connectivity index (χ0) is 11.6. The molecule has 0 saturated carbocycles. The maximum atomic E-state index is 11.0. The van der Waals surface area contributed by atoms with Crippen LogP contribution in [-0.2, 0) is 11.3 Å². The normalized spacial score (nSPS) is 12.1. The summed E-state index contributed by atoms with van der Waals surface area (Å²) >= 11 is 6.93. The summed E-state index contributed by atoms with van der Waals surface area (Å²) in [5.74, 6) is -0.885. The molecule has 1 aromatic rings. The van der Waals surface area contributed by atoms with E-state index in [2.05, 4.69) is 9.59 Å². The standard InChI is InChI=1S/C8H12ClN3O2S/c1-8(2,7(13)14)12(3)4-5-6(9)15-11-10-5/h4H2,1-3H3,(H,13,14). The fourth-order valence-electron chi connectivity index (χ4n) is 0.877. The van der Waals surface area contributed by atoms with Gasteiger partial charge in [0.2, 0.25) is 0 Å². The molecule has 5 nitrogen and oxygen atoms in total. The van der Waals surface area contributed by atoms with Crippen LogP contribution in [0, 0.1) is 0 Å². The Bertz CT molecular complexity index is 367. The first-order chi connectivity index (χ1) is 6.85. The van der Waals surface area contributed by atoms with Gasteiger partial charge in [-0.3, -0.25) is 9.69 Å². The average Bonchev–Trinajstić information content (AvgIpc) is 2.51. The van der Waals surface area contributed by atoms with Crippen molar-refractivity contribution in [2.75, 3.05) is 7.05 Å². The third-order valence-electron chi connectivity index (χ3n) is 2.37. The van der Waals surface area contributed by atoms with Gasteiger partial charge in [-0.25, -0.2) is 0 Å². The predicted octanol–water partition coefficient (Wildman–Crippen LogP) is 1.49. The van der Waals surface area contributed by atoms with Crippen molar-refractivity contribution in [3.63, 3.8) is 0 Å². The predicted molar refractivity (Wildman–Crippen MR) is 58.1 cm³/mol. The van der Waals surface area contributed by atoms with Crippen LogP contribution in [0.5, 0.6) is 0 Å². The molecule has 0 atom stereocenters. The van der Waals surface area contributed by atoms with E-state index in [0.717, 1.165) is 11.5 Å². The molecule has 84 valence electrons. The zero-order valence-electron chi connectivity index (χ0n) is 8.69. The molecule has 1 aromatic heterocycles. The SMILES string of the molecule is CN(Cc1nnsc1Cl)C(C)(C)C(=O)O. The highest BCUT2D eigenvalue weighted by atomic mass is 35.5. The van der Waals surface area contributed by atoms with Gasteiger partial charge in [-0.15, -0.1) is 5.10 Å². The summed E-state index contributed by atoms with van der Waals surface area (Å²) in [6.45, 7) is 3.63. The molecule has 0 aromatic carbocycles. The van der Waals surface area contributed by atoms with E-state index in [1.165, 1.54) is 0 Å². The molecule has 0 unspecified atom stereocenters. The van der Waals surface area contributed by atoms with Crippen molar-refractivity contribution in [3.05, 3.63) is 10.0 Å². The highest BCUT2D eigenvalue weighted by Gasteiger charge is 2.32. The number of hydrogen-bond acceptors (Lipinski definition) is 5. The lowest BCUT2D eigenvalue weighted by Gasteiger charge is -2.30. The molecule has 1 rings (SSSR count). The van der Waals surface area contributed by atoms with Crippen LogP contribution in [0.2, 0.25) is 4.34 Å². The van der Waals surface area contributed by atoms with Crippen molar-refractivity contribution in [2.45, 2.75) is 25.9 Å². The van der Waals surface area contributed by atoms with E-state index in [0.29, 0.717) is 16.6 Å². The minimum Gasteiger partial charge on any atom is -0.480 e. The first-order valence-electron chi connectivity index (χ1n) is 4.27. The average molecular weight is 250 g/mol. The molecule has 0 amide bonds. The van der Waals surface area contributed by atoms with E-state index in [1.807, 2.05) is 0 Å². The number of aromatic nitrogens is 2. The molecule has 7 heteroatoms. The lowest BCUT2D eigenvalue weighted by atomic mass is 10.0. The van der Waals surface area contributed by atoms with Crippen molar-refractivity contribution in [1.82, 2.24) is 14.5 Å². The Kier molecular flexibility index (Phi) is 3.64. The van der Waals surface area contributed by atoms with Crippen LogP contribution in [-0.4, -0.2) is 38.1 Å². The van der Waals surface area contributed by atoms with Gasteiger partial charge < -0.3 is 5.11 Å². The monoisotopic (exact) mass is 249 g/mol. The molecule has 0 fully saturated rings. The smallest absolute Gasteiger partial charge is 0.323 e. The van der Waals surface area contributed by atoms with E-state index in [1.54, 1.807) is 25.8 Å². The van der Waals surface area contributed by atoms with E-state index >= 15 is 0 Å². The Balaban J connectivity index is 2.76. The summed E-state index contributed by atoms with van der Waals surface area (Å²) < 4.78 is 4.19. The van der Waals surface area contributed by atoms with Gasteiger partial charge in [0.15, 0.2) is 0 Å². The van der Waals surface area contributed by atoms with E-state index in [-0.39, 0.29) is 0 Å². The van der Waals surface area contributed by atoms with Crippen LogP contribution in [0.4, 0.5) is 0 Å². The topological polar surface area (TPSA) is 66.3 Å². The molecule has 15 heavy (non-hydrogen) atoms. The Morgan fingerprint density at radius 2 is 2.27 bits per heavy atom. The highest BCUT2D eigenvalue weighted by Crippen LogP contribution is 2.22. The number of hydrogen-bond donors (Lipinski definition) is 1. The largest absolute Gasteiger partial charge is 0.480 e. The second kappa shape index (κ2) is 4.42. The van der Waals surface area contributed by atoms with E-state index in [4.69, 9.17) is 16.7 Å². The number of halogens is 1. The quantitative estimate of drug-likeness (QED) is 0.876. The van der Waals surface area contributed by atoms with E-state index in [9.17, 15) is 4.79 Å². The first kappa shape index (κ1) is 12.4. The Hall–Kier alpha value is -0.720. The van der Waals surface area contributed by atoms with Crippen molar-refractivity contribution in [1.29, 1.82) is 0 Å². The van der Waals surface area contributed by atoms with Crippen LogP contribution >= 0.6 is 23.1 Å². The maximum absolute atomic E-state index is 11.0. The van der Waals surface area contributed by atoms with Gasteiger partial charge >= 0.3 is 5.97 Å². The minimum absolute atomic E-state index is 0.370. The van der Waals surface area contributed by atoms with Gasteiger partial charge in [0.1, 0.15) is 15.6 Å². The third kappa shape index (κ3) is 2.64. The van der Waals surface area contributed by atoms with Crippen LogP contribution in [0.3, 0.4) is 0 Å². The van der Waals surface area contributed by atoms with Gasteiger partial charge in [0, 0.05) is 18.1 Å². The molecule has 0 aliphatic rings. The van der Waals surface area contributed by atoms with Crippen molar-refractivity contribution >= 4 is 29.1 Å². The van der Waals surface area contributed by atoms with E-state index < -0.39 is 11.5 Å². The molecule has 0 aliphatic heterocycles. The summed E-state index contributed by atoms with van der Waals surface area (Å²) in [5.41, 5.74) is -0.342. The number of carbonyl (C=O) groups is 1. The second-order valence-corrected chi connectivity index (χ2v) is 5.07. The minimum atomic E-state index is -0.951. The highest BCUT2D eigenvalue weighted by molar-refractivity contribution is 7.10. The molecule has 0 bridgehead atoms. The number of rotatable bonds is 4. The van der Waals surface area contributed by atoms with Crippen molar-refractivity contribution < 1.29 is 9.90 Å². The summed E-state index contributed by atoms with van der Waals surface area (Å²) in [4.78, 5) is 12.6. The second-order valence-electron chi connectivity index (χ2n) is 3.71. The summed E-state index contributed by atoms with van der Waals surface area (Å²) in [6.07, 6.45) is 0. The summed E-state index contributed by atoms with van der Waals surface area (Å²) in [5, 5.41) is 12.8. The fraction of sp³-hybridized carbons (Fsp3) is 0.625. The molecule has 1 heterocycles. The molecule has 0 aliphatic carbocycles. The molecule has 0 spiro atoms. The van der Waals surface area contributed by atoms with Crippen LogP contribution in [0.15, 0.2) is 0 Å². The van der Waals surface area contributed by atoms with Gasteiger partial charge in [-0.2, -0.15) is 0 Å². The fourth-order valence-corrected chi connectivity index (χ4v) is 1.49. The van der Waals surface area contributed by atoms with Gasteiger partial charge in [0.05, 0.1) is 0 Å². The number of nitrogens with zero attached hydrogens (tertiary/aromatic N) is 3. The van der Waals surface area contributed by atoms with Gasteiger partial charge in [-0.1, -0.05) is 16.1 Å². The van der Waals surface area contributed by atoms with Gasteiger partial charge in [0.25, 0.3) is 0 Å². The number of likely N-dealkylation sites (N-methyl/N-ethyl adjacent to an activating group) is 1. The van der Waals surface area contributed by atoms with Crippen molar-refractivity contribution in [2.24, 2.45) is 0 Å². The lowest BCUT2D eigenvalue weighted by Crippen LogP contribution is -2.47. The number of carboxylic acid groups (broad SMARTS) is 1. The number of aliphatic carboxylic acids is 1. The van der Waals surface area contributed by atoms with Crippen LogP contribution < -0.4 is 0 Å². The van der Waals surface area contributed by atoms with Crippen molar-refractivity contribution in [3.8, 4) is 0 Å². The van der Waals surface area contributed by atoms with Crippen LogP contribution in [0.25, 0.3) is 0 Å². The maximum Gasteiger partial charge on any atom is 0.323 e. The Morgan fingerprint density at radius 3 is 2.67 bits per heavy atom. The number of carboxylic acids is 1. The molecular formula is C8H12ClN3O2S. The van der Waals surface area contributed by atoms with Crippen LogP contribution in [0.1, 0.15) is 19.5 Å². The summed E-state index contributed by atoms with van der Waals surface area (Å²) in [6, 6.07) is 0. The lowest BCUT2D eigenvalue weighted by molar-refractivity contribution is -0.148. The zero-order valence-corrected chi connectivity index (χ0v) is 10.3.